The summed E-state index contributed by atoms with van der Waals surface area (Å²) in [6.07, 6.45) is 4.16. The molecular formula is C13H15ClN2O. The minimum Gasteiger partial charge on any atom is -0.334 e. The summed E-state index contributed by atoms with van der Waals surface area (Å²) in [5.41, 5.74) is 1.38. The molecule has 1 amide bonds. The van der Waals surface area contributed by atoms with Gasteiger partial charge in [-0.1, -0.05) is 30.7 Å². The van der Waals surface area contributed by atoms with Gasteiger partial charge in [-0.15, -0.1) is 0 Å². The third-order valence-corrected chi connectivity index (χ3v) is 2.95. The molecule has 17 heavy (non-hydrogen) atoms. The molecule has 0 spiro atoms. The van der Waals surface area contributed by atoms with Crippen LogP contribution in [0.4, 0.5) is 0 Å². The van der Waals surface area contributed by atoms with Crippen LogP contribution in [-0.2, 0) is 0 Å². The fourth-order valence-corrected chi connectivity index (χ4v) is 2.25. The molecule has 0 bridgehead atoms. The maximum Gasteiger partial charge on any atom is 0.254 e. The van der Waals surface area contributed by atoms with Crippen molar-refractivity contribution in [2.75, 3.05) is 13.1 Å². The van der Waals surface area contributed by atoms with Gasteiger partial charge in [0.15, 0.2) is 0 Å². The Hall–Kier alpha value is -1.35. The fourth-order valence-electron chi connectivity index (χ4n) is 2.00. The summed E-state index contributed by atoms with van der Waals surface area (Å²) >= 11 is 5.87. The Labute approximate surface area is 106 Å². The van der Waals surface area contributed by atoms with E-state index < -0.39 is 0 Å². The highest BCUT2D eigenvalue weighted by Gasteiger charge is 2.19. The van der Waals surface area contributed by atoms with Gasteiger partial charge in [0.2, 0.25) is 0 Å². The van der Waals surface area contributed by atoms with E-state index in [9.17, 15) is 4.79 Å². The number of nitrogens with zero attached hydrogens (tertiary/aromatic N) is 2. The first kappa shape index (κ1) is 12.1. The second-order valence-electron chi connectivity index (χ2n) is 4.44. The number of carbonyl (C=O) groups excluding carboxylic acids is 1. The van der Waals surface area contributed by atoms with E-state index in [0.29, 0.717) is 23.2 Å². The molecule has 0 radical (unpaired) electrons. The minimum absolute atomic E-state index is 0.0219. The average molecular weight is 251 g/mol. The summed E-state index contributed by atoms with van der Waals surface area (Å²) in [6.45, 7) is 5.36. The van der Waals surface area contributed by atoms with E-state index in [2.05, 4.69) is 18.0 Å². The second-order valence-corrected chi connectivity index (χ2v) is 4.82. The number of pyridine rings is 1. The molecule has 90 valence electrons. The molecule has 0 saturated heterocycles. The molecular weight excluding hydrogens is 236 g/mol. The molecule has 4 heteroatoms. The van der Waals surface area contributed by atoms with Crippen molar-refractivity contribution in [3.63, 3.8) is 0 Å². The molecule has 0 aromatic carbocycles. The van der Waals surface area contributed by atoms with Gasteiger partial charge in [-0.05, 0) is 25.0 Å². The van der Waals surface area contributed by atoms with E-state index in [0.717, 1.165) is 12.2 Å². The molecule has 0 saturated carbocycles. The average Bonchev–Trinajstić information content (AvgIpc) is 2.26. The number of hydrogen-bond donors (Lipinski definition) is 0. The maximum absolute atomic E-state index is 12.3. The lowest BCUT2D eigenvalue weighted by Gasteiger charge is -2.27. The summed E-state index contributed by atoms with van der Waals surface area (Å²) in [4.78, 5) is 18.1. The summed E-state index contributed by atoms with van der Waals surface area (Å²) < 4.78 is 0. The van der Waals surface area contributed by atoms with E-state index in [1.165, 1.54) is 0 Å². The van der Waals surface area contributed by atoms with Crippen LogP contribution in [0.2, 0.25) is 5.15 Å². The first-order valence-electron chi connectivity index (χ1n) is 5.66. The standard InChI is InChI=1S/C13H15ClN2O/c1-9-4-3-5-16(8-9)13(17)11-6-10(2)15-12(14)7-11/h3-4,6-7,9H,5,8H2,1-2H3. The Kier molecular flexibility index (Phi) is 3.48. The van der Waals surface area contributed by atoms with Crippen molar-refractivity contribution < 1.29 is 4.79 Å². The van der Waals surface area contributed by atoms with Crippen molar-refractivity contribution in [3.8, 4) is 0 Å². The smallest absolute Gasteiger partial charge is 0.254 e. The number of rotatable bonds is 1. The molecule has 1 aromatic rings. The molecule has 1 aliphatic rings. The molecule has 0 fully saturated rings. The zero-order valence-corrected chi connectivity index (χ0v) is 10.7. The van der Waals surface area contributed by atoms with E-state index in [1.54, 1.807) is 12.1 Å². The lowest BCUT2D eigenvalue weighted by molar-refractivity contribution is 0.0753. The zero-order valence-electron chi connectivity index (χ0n) is 9.98. The van der Waals surface area contributed by atoms with Gasteiger partial charge in [0.25, 0.3) is 5.91 Å². The second kappa shape index (κ2) is 4.88. The lowest BCUT2D eigenvalue weighted by atomic mass is 10.1. The van der Waals surface area contributed by atoms with Crippen LogP contribution < -0.4 is 0 Å². The Morgan fingerprint density at radius 1 is 1.53 bits per heavy atom. The molecule has 3 nitrogen and oxygen atoms in total. The van der Waals surface area contributed by atoms with Crippen molar-refractivity contribution in [2.45, 2.75) is 13.8 Å². The number of halogens is 1. The number of hydrogen-bond acceptors (Lipinski definition) is 2. The van der Waals surface area contributed by atoms with Crippen LogP contribution in [0.15, 0.2) is 24.3 Å². The quantitative estimate of drug-likeness (QED) is 0.567. The van der Waals surface area contributed by atoms with Gasteiger partial charge in [-0.3, -0.25) is 4.79 Å². The Balaban J connectivity index is 2.22. The van der Waals surface area contributed by atoms with Crippen LogP contribution in [0.25, 0.3) is 0 Å². The largest absolute Gasteiger partial charge is 0.334 e. The third-order valence-electron chi connectivity index (χ3n) is 2.76. The summed E-state index contributed by atoms with van der Waals surface area (Å²) in [5.74, 6) is 0.430. The molecule has 2 rings (SSSR count). The van der Waals surface area contributed by atoms with E-state index >= 15 is 0 Å². The predicted molar refractivity (Wildman–Crippen MR) is 68.2 cm³/mol. The SMILES string of the molecule is Cc1cc(C(=O)N2CC=CC(C)C2)cc(Cl)n1. The Morgan fingerprint density at radius 3 is 2.94 bits per heavy atom. The summed E-state index contributed by atoms with van der Waals surface area (Å²) in [5, 5.41) is 0.369. The molecule has 1 aromatic heterocycles. The van der Waals surface area contributed by atoms with Gasteiger partial charge in [-0.25, -0.2) is 4.98 Å². The maximum atomic E-state index is 12.3. The van der Waals surface area contributed by atoms with Crippen LogP contribution in [0.1, 0.15) is 23.0 Å². The van der Waals surface area contributed by atoms with Gasteiger partial charge >= 0.3 is 0 Å². The van der Waals surface area contributed by atoms with Crippen molar-refractivity contribution in [2.24, 2.45) is 5.92 Å². The van der Waals surface area contributed by atoms with Crippen LogP contribution >= 0.6 is 11.6 Å². The highest BCUT2D eigenvalue weighted by Crippen LogP contribution is 2.16. The Bertz CT molecular complexity index is 450. The number of aromatic nitrogens is 1. The minimum atomic E-state index is 0.0219. The number of aryl methyl sites for hydroxylation is 1. The molecule has 0 aliphatic carbocycles. The lowest BCUT2D eigenvalue weighted by Crippen LogP contribution is -2.36. The van der Waals surface area contributed by atoms with Crippen molar-refractivity contribution in [3.05, 3.63) is 40.7 Å². The van der Waals surface area contributed by atoms with E-state index in [1.807, 2.05) is 17.9 Å². The highest BCUT2D eigenvalue weighted by atomic mass is 35.5. The Morgan fingerprint density at radius 2 is 2.29 bits per heavy atom. The van der Waals surface area contributed by atoms with Crippen LogP contribution in [0.3, 0.4) is 0 Å². The van der Waals surface area contributed by atoms with Crippen LogP contribution in [0, 0.1) is 12.8 Å². The third kappa shape index (κ3) is 2.86. The predicted octanol–water partition coefficient (Wildman–Crippen LogP) is 2.69. The van der Waals surface area contributed by atoms with E-state index in [-0.39, 0.29) is 5.91 Å². The monoisotopic (exact) mass is 250 g/mol. The zero-order chi connectivity index (χ0) is 12.4. The van der Waals surface area contributed by atoms with Gasteiger partial charge in [-0.2, -0.15) is 0 Å². The normalized spacial score (nSPS) is 19.5. The highest BCUT2D eigenvalue weighted by molar-refractivity contribution is 6.29. The fraction of sp³-hybridized carbons (Fsp3) is 0.385. The molecule has 1 unspecified atom stereocenters. The summed E-state index contributed by atoms with van der Waals surface area (Å²) in [6, 6.07) is 3.40. The van der Waals surface area contributed by atoms with Gasteiger partial charge < -0.3 is 4.90 Å². The molecule has 0 N–H and O–H groups in total. The summed E-state index contributed by atoms with van der Waals surface area (Å²) in [7, 11) is 0. The van der Waals surface area contributed by atoms with E-state index in [4.69, 9.17) is 11.6 Å². The molecule has 1 aliphatic heterocycles. The number of carbonyl (C=O) groups is 1. The molecule has 2 heterocycles. The van der Waals surface area contributed by atoms with Crippen molar-refractivity contribution in [1.82, 2.24) is 9.88 Å². The van der Waals surface area contributed by atoms with Gasteiger partial charge in [0, 0.05) is 24.3 Å². The molecule has 1 atom stereocenters. The van der Waals surface area contributed by atoms with Gasteiger partial charge in [0.05, 0.1) is 0 Å². The number of amides is 1. The van der Waals surface area contributed by atoms with Crippen LogP contribution in [-0.4, -0.2) is 28.9 Å². The van der Waals surface area contributed by atoms with Crippen molar-refractivity contribution in [1.29, 1.82) is 0 Å². The topological polar surface area (TPSA) is 33.2 Å². The first-order valence-corrected chi connectivity index (χ1v) is 6.04. The van der Waals surface area contributed by atoms with Gasteiger partial charge in [0.1, 0.15) is 5.15 Å². The first-order chi connectivity index (χ1) is 8.06. The van der Waals surface area contributed by atoms with Crippen LogP contribution in [0.5, 0.6) is 0 Å². The van der Waals surface area contributed by atoms with Crippen molar-refractivity contribution >= 4 is 17.5 Å².